The fourth-order valence-electron chi connectivity index (χ4n) is 2.84. The number of allylic oxidation sites excluding steroid dienone is 1. The van der Waals surface area contributed by atoms with E-state index in [4.69, 9.17) is 4.74 Å². The first-order chi connectivity index (χ1) is 7.83. The third-order valence-corrected chi connectivity index (χ3v) is 3.77. The van der Waals surface area contributed by atoms with Gasteiger partial charge in [-0.25, -0.2) is 4.79 Å². The summed E-state index contributed by atoms with van der Waals surface area (Å²) in [6, 6.07) is 0. The molecule has 0 spiro atoms. The molecule has 1 saturated carbocycles. The van der Waals surface area contributed by atoms with Crippen LogP contribution in [0.4, 0.5) is 0 Å². The molecule has 0 aromatic heterocycles. The Bertz CT molecular complexity index is 280. The van der Waals surface area contributed by atoms with Gasteiger partial charge in [-0.15, -0.1) is 0 Å². The van der Waals surface area contributed by atoms with Gasteiger partial charge >= 0.3 is 5.97 Å². The van der Waals surface area contributed by atoms with E-state index in [1.165, 1.54) is 32.1 Å². The van der Waals surface area contributed by atoms with Gasteiger partial charge in [-0.3, -0.25) is 0 Å². The minimum atomic E-state index is -0.0339. The van der Waals surface area contributed by atoms with Crippen molar-refractivity contribution < 1.29 is 9.53 Å². The van der Waals surface area contributed by atoms with E-state index in [0.717, 1.165) is 24.8 Å². The van der Waals surface area contributed by atoms with E-state index < -0.39 is 0 Å². The molecule has 1 aliphatic carbocycles. The highest BCUT2D eigenvalue weighted by atomic mass is 16.6. The van der Waals surface area contributed by atoms with Crippen molar-refractivity contribution in [2.45, 2.75) is 64.4 Å². The van der Waals surface area contributed by atoms with Crippen molar-refractivity contribution >= 4 is 5.97 Å². The number of fused-ring (bicyclic) bond motifs is 1. The Morgan fingerprint density at radius 2 is 2.12 bits per heavy atom. The second kappa shape index (κ2) is 5.51. The topological polar surface area (TPSA) is 26.3 Å². The lowest BCUT2D eigenvalue weighted by molar-refractivity contribution is -0.139. The van der Waals surface area contributed by atoms with Crippen LogP contribution in [0.15, 0.2) is 11.6 Å². The number of hydrogen-bond donors (Lipinski definition) is 0. The summed E-state index contributed by atoms with van der Waals surface area (Å²) in [6.07, 6.45) is 11.8. The second-order valence-corrected chi connectivity index (χ2v) is 4.99. The van der Waals surface area contributed by atoms with Crippen LogP contribution in [-0.2, 0) is 9.53 Å². The van der Waals surface area contributed by atoms with Gasteiger partial charge in [0.15, 0.2) is 0 Å². The zero-order chi connectivity index (χ0) is 11.4. The van der Waals surface area contributed by atoms with E-state index in [1.54, 1.807) is 0 Å². The summed E-state index contributed by atoms with van der Waals surface area (Å²) in [6.45, 7) is 2.20. The van der Waals surface area contributed by atoms with Crippen LogP contribution in [0.5, 0.6) is 0 Å². The first kappa shape index (κ1) is 11.7. The average Bonchev–Trinajstić information content (AvgIpc) is 2.61. The van der Waals surface area contributed by atoms with Crippen molar-refractivity contribution in [3.05, 3.63) is 11.6 Å². The van der Waals surface area contributed by atoms with E-state index in [9.17, 15) is 4.79 Å². The van der Waals surface area contributed by atoms with Crippen molar-refractivity contribution in [3.8, 4) is 0 Å². The molecule has 0 amide bonds. The van der Waals surface area contributed by atoms with E-state index in [-0.39, 0.29) is 12.1 Å². The Hall–Kier alpha value is -0.790. The first-order valence-corrected chi connectivity index (χ1v) is 6.74. The summed E-state index contributed by atoms with van der Waals surface area (Å²) >= 11 is 0. The molecular formula is C14H22O2. The van der Waals surface area contributed by atoms with Crippen molar-refractivity contribution in [1.82, 2.24) is 0 Å². The molecule has 2 aliphatic rings. The lowest BCUT2D eigenvalue weighted by atomic mass is 9.83. The second-order valence-electron chi connectivity index (χ2n) is 4.99. The molecule has 2 heteroatoms. The average molecular weight is 222 g/mol. The van der Waals surface area contributed by atoms with Crippen molar-refractivity contribution in [2.24, 2.45) is 5.92 Å². The van der Waals surface area contributed by atoms with E-state index >= 15 is 0 Å². The summed E-state index contributed by atoms with van der Waals surface area (Å²) in [5, 5.41) is 0. The molecule has 90 valence electrons. The summed E-state index contributed by atoms with van der Waals surface area (Å²) in [5.74, 6) is 0.385. The number of ether oxygens (including phenoxy) is 1. The molecule has 2 atom stereocenters. The quantitative estimate of drug-likeness (QED) is 0.412. The SMILES string of the molecule is CCCCC/C=C1/C(=O)O[C@@H]2CCCC[C@@H]12. The number of carbonyl (C=O) groups excluding carboxylic acids is 1. The highest BCUT2D eigenvalue weighted by Crippen LogP contribution is 2.38. The van der Waals surface area contributed by atoms with Crippen LogP contribution in [0.2, 0.25) is 0 Å². The van der Waals surface area contributed by atoms with Gasteiger partial charge in [0, 0.05) is 11.5 Å². The van der Waals surface area contributed by atoms with E-state index in [2.05, 4.69) is 13.0 Å². The van der Waals surface area contributed by atoms with Crippen molar-refractivity contribution in [2.75, 3.05) is 0 Å². The maximum Gasteiger partial charge on any atom is 0.334 e. The number of hydrogen-bond acceptors (Lipinski definition) is 2. The van der Waals surface area contributed by atoms with Gasteiger partial charge in [-0.2, -0.15) is 0 Å². The normalized spacial score (nSPS) is 31.6. The first-order valence-electron chi connectivity index (χ1n) is 6.74. The van der Waals surface area contributed by atoms with Gasteiger partial charge in [0.25, 0.3) is 0 Å². The molecule has 1 saturated heterocycles. The fraction of sp³-hybridized carbons (Fsp3) is 0.786. The number of esters is 1. The third kappa shape index (κ3) is 2.47. The zero-order valence-electron chi connectivity index (χ0n) is 10.2. The summed E-state index contributed by atoms with van der Waals surface area (Å²) in [5.41, 5.74) is 0.987. The monoisotopic (exact) mass is 222 g/mol. The third-order valence-electron chi connectivity index (χ3n) is 3.77. The van der Waals surface area contributed by atoms with Crippen LogP contribution in [0, 0.1) is 5.92 Å². The van der Waals surface area contributed by atoms with E-state index in [1.807, 2.05) is 0 Å². The lowest BCUT2D eigenvalue weighted by Crippen LogP contribution is -2.20. The standard InChI is InChI=1S/C14H22O2/c1-2-3-4-5-9-12-11-8-6-7-10-13(11)16-14(12)15/h9,11,13H,2-8,10H2,1H3/b12-9+/t11-,13+/m0/s1. The molecule has 1 heterocycles. The Morgan fingerprint density at radius 1 is 1.31 bits per heavy atom. The van der Waals surface area contributed by atoms with Crippen molar-refractivity contribution in [3.63, 3.8) is 0 Å². The predicted octanol–water partition coefficient (Wildman–Crippen LogP) is 3.61. The van der Waals surface area contributed by atoms with Gasteiger partial charge in [0.1, 0.15) is 6.10 Å². The molecule has 2 nitrogen and oxygen atoms in total. The molecule has 16 heavy (non-hydrogen) atoms. The largest absolute Gasteiger partial charge is 0.458 e. The zero-order valence-corrected chi connectivity index (χ0v) is 10.2. The van der Waals surface area contributed by atoms with Crippen LogP contribution in [0.3, 0.4) is 0 Å². The molecule has 0 aromatic carbocycles. The molecular weight excluding hydrogens is 200 g/mol. The Morgan fingerprint density at radius 3 is 2.94 bits per heavy atom. The highest BCUT2D eigenvalue weighted by Gasteiger charge is 2.40. The smallest absolute Gasteiger partial charge is 0.334 e. The van der Waals surface area contributed by atoms with Gasteiger partial charge in [0.05, 0.1) is 0 Å². The van der Waals surface area contributed by atoms with Crippen LogP contribution >= 0.6 is 0 Å². The minimum Gasteiger partial charge on any atom is -0.458 e. The van der Waals surface area contributed by atoms with Crippen LogP contribution in [0.25, 0.3) is 0 Å². The maximum absolute atomic E-state index is 11.7. The van der Waals surface area contributed by atoms with Crippen LogP contribution < -0.4 is 0 Å². The number of carbonyl (C=O) groups is 1. The molecule has 0 unspecified atom stereocenters. The number of unbranched alkanes of at least 4 members (excludes halogenated alkanes) is 3. The summed E-state index contributed by atoms with van der Waals surface area (Å²) in [7, 11) is 0. The van der Waals surface area contributed by atoms with Gasteiger partial charge in [0.2, 0.25) is 0 Å². The minimum absolute atomic E-state index is 0.0339. The summed E-state index contributed by atoms with van der Waals surface area (Å²) in [4.78, 5) is 11.7. The molecule has 0 radical (unpaired) electrons. The van der Waals surface area contributed by atoms with Crippen molar-refractivity contribution in [1.29, 1.82) is 0 Å². The molecule has 1 aliphatic heterocycles. The van der Waals surface area contributed by atoms with Crippen LogP contribution in [-0.4, -0.2) is 12.1 Å². The molecule has 2 rings (SSSR count). The van der Waals surface area contributed by atoms with Gasteiger partial charge < -0.3 is 4.74 Å². The van der Waals surface area contributed by atoms with E-state index in [0.29, 0.717) is 5.92 Å². The molecule has 0 aromatic rings. The Kier molecular flexibility index (Phi) is 4.03. The highest BCUT2D eigenvalue weighted by molar-refractivity contribution is 5.91. The molecule has 0 bridgehead atoms. The van der Waals surface area contributed by atoms with Crippen LogP contribution in [0.1, 0.15) is 58.3 Å². The summed E-state index contributed by atoms with van der Waals surface area (Å²) < 4.78 is 5.43. The predicted molar refractivity (Wildman–Crippen MR) is 64.1 cm³/mol. The Labute approximate surface area is 98.1 Å². The lowest BCUT2D eigenvalue weighted by Gasteiger charge is -2.22. The maximum atomic E-state index is 11.7. The van der Waals surface area contributed by atoms with Gasteiger partial charge in [-0.05, 0) is 32.1 Å². The molecule has 0 N–H and O–H groups in total. The van der Waals surface area contributed by atoms with Gasteiger partial charge in [-0.1, -0.05) is 32.3 Å². The fourth-order valence-corrected chi connectivity index (χ4v) is 2.84. The molecule has 2 fully saturated rings. The number of rotatable bonds is 4. The Balaban J connectivity index is 1.94.